The largest absolute Gasteiger partial charge is 0.378 e. The second-order valence-electron chi connectivity index (χ2n) is 8.54. The fraction of sp³-hybridized carbons (Fsp3) is 0.400. The summed E-state index contributed by atoms with van der Waals surface area (Å²) in [6.45, 7) is 1.79. The van der Waals surface area contributed by atoms with Gasteiger partial charge in [-0.25, -0.2) is 0 Å². The van der Waals surface area contributed by atoms with E-state index in [9.17, 15) is 4.79 Å². The quantitative estimate of drug-likeness (QED) is 0.544. The Morgan fingerprint density at radius 1 is 1.00 bits per heavy atom. The van der Waals surface area contributed by atoms with Gasteiger partial charge in [-0.15, -0.1) is 0 Å². The fourth-order valence-corrected chi connectivity index (χ4v) is 5.45. The van der Waals surface area contributed by atoms with Crippen molar-refractivity contribution in [3.8, 4) is 0 Å². The maximum Gasteiger partial charge on any atom is 0.253 e. The topological polar surface area (TPSA) is 32.3 Å². The number of benzene rings is 2. The van der Waals surface area contributed by atoms with Crippen LogP contribution in [-0.2, 0) is 0 Å². The van der Waals surface area contributed by atoms with Gasteiger partial charge in [0.15, 0.2) is 0 Å². The standard InChI is InChI=1S/C25H27BrN2O/c26-19-11-8-17(9-12-19)24-21-7-5-6-20(21)22-16-18(10-13-23(22)27-24)25(29)28-14-3-1-2-4-15-28/h5-6,8-13,16,20-21,24,27H,1-4,7,14-15H2. The molecule has 2 aromatic carbocycles. The van der Waals surface area contributed by atoms with Crippen LogP contribution in [0.2, 0.25) is 0 Å². The van der Waals surface area contributed by atoms with E-state index in [1.165, 1.54) is 24.0 Å². The van der Waals surface area contributed by atoms with E-state index in [4.69, 9.17) is 0 Å². The van der Waals surface area contributed by atoms with Gasteiger partial charge < -0.3 is 10.2 Å². The van der Waals surface area contributed by atoms with Crippen molar-refractivity contribution in [1.29, 1.82) is 0 Å². The molecule has 2 aromatic rings. The molecule has 1 N–H and O–H groups in total. The molecule has 150 valence electrons. The predicted molar refractivity (Wildman–Crippen MR) is 121 cm³/mol. The highest BCUT2D eigenvalue weighted by Gasteiger charge is 2.38. The van der Waals surface area contributed by atoms with Gasteiger partial charge in [0.25, 0.3) is 5.91 Å². The summed E-state index contributed by atoms with van der Waals surface area (Å²) in [5, 5.41) is 3.78. The third-order valence-electron chi connectivity index (χ3n) is 6.73. The Hall–Kier alpha value is -2.07. The number of halogens is 1. The lowest BCUT2D eigenvalue weighted by atomic mass is 9.76. The van der Waals surface area contributed by atoms with Crippen LogP contribution in [0.25, 0.3) is 0 Å². The number of hydrogen-bond donors (Lipinski definition) is 1. The summed E-state index contributed by atoms with van der Waals surface area (Å²) in [5.41, 5.74) is 4.60. The number of carbonyl (C=O) groups is 1. The van der Waals surface area contributed by atoms with Crippen LogP contribution >= 0.6 is 15.9 Å². The molecule has 29 heavy (non-hydrogen) atoms. The Morgan fingerprint density at radius 2 is 1.76 bits per heavy atom. The van der Waals surface area contributed by atoms with Crippen LogP contribution in [0.1, 0.15) is 65.5 Å². The summed E-state index contributed by atoms with van der Waals surface area (Å²) in [5.74, 6) is 1.06. The van der Waals surface area contributed by atoms with E-state index in [1.807, 2.05) is 6.07 Å². The molecule has 2 heterocycles. The summed E-state index contributed by atoms with van der Waals surface area (Å²) in [4.78, 5) is 15.2. The first-order valence-corrected chi connectivity index (χ1v) is 11.6. The Labute approximate surface area is 181 Å². The lowest BCUT2D eigenvalue weighted by Gasteiger charge is -2.38. The fourth-order valence-electron chi connectivity index (χ4n) is 5.18. The summed E-state index contributed by atoms with van der Waals surface area (Å²) in [6.07, 6.45) is 10.5. The number of amides is 1. The van der Waals surface area contributed by atoms with Gasteiger partial charge in [-0.05, 0) is 66.6 Å². The molecule has 1 fully saturated rings. The first-order chi connectivity index (χ1) is 14.2. The van der Waals surface area contributed by atoms with Gasteiger partial charge in [0.2, 0.25) is 0 Å². The molecule has 4 heteroatoms. The average molecular weight is 451 g/mol. The molecule has 2 aliphatic heterocycles. The highest BCUT2D eigenvalue weighted by molar-refractivity contribution is 9.10. The van der Waals surface area contributed by atoms with Crippen molar-refractivity contribution in [3.63, 3.8) is 0 Å². The number of carbonyl (C=O) groups excluding carboxylic acids is 1. The molecular weight excluding hydrogens is 424 g/mol. The number of nitrogens with one attached hydrogen (secondary N) is 1. The Kier molecular flexibility index (Phi) is 5.21. The number of hydrogen-bond acceptors (Lipinski definition) is 2. The second-order valence-corrected chi connectivity index (χ2v) is 9.45. The molecule has 1 saturated heterocycles. The molecule has 0 spiro atoms. The minimum absolute atomic E-state index is 0.197. The van der Waals surface area contributed by atoms with Gasteiger partial charge in [0.1, 0.15) is 0 Å². The van der Waals surface area contributed by atoms with Crippen molar-refractivity contribution >= 4 is 27.5 Å². The van der Waals surface area contributed by atoms with Crippen LogP contribution in [0.3, 0.4) is 0 Å². The number of rotatable bonds is 2. The van der Waals surface area contributed by atoms with Crippen LogP contribution < -0.4 is 5.32 Å². The normalized spacial score (nSPS) is 25.7. The van der Waals surface area contributed by atoms with E-state index in [1.54, 1.807) is 0 Å². The number of fused-ring (bicyclic) bond motifs is 3. The number of likely N-dealkylation sites (tertiary alicyclic amines) is 1. The molecule has 3 aliphatic rings. The van der Waals surface area contributed by atoms with E-state index >= 15 is 0 Å². The van der Waals surface area contributed by atoms with Crippen molar-refractivity contribution in [3.05, 3.63) is 75.8 Å². The molecule has 3 nitrogen and oxygen atoms in total. The van der Waals surface area contributed by atoms with Gasteiger partial charge >= 0.3 is 0 Å². The number of allylic oxidation sites excluding steroid dienone is 2. The molecule has 3 atom stereocenters. The highest BCUT2D eigenvalue weighted by Crippen LogP contribution is 2.50. The Bertz CT molecular complexity index is 928. The second kappa shape index (κ2) is 7.98. The third-order valence-corrected chi connectivity index (χ3v) is 7.26. The van der Waals surface area contributed by atoms with Crippen molar-refractivity contribution in [2.24, 2.45) is 5.92 Å². The van der Waals surface area contributed by atoms with E-state index in [2.05, 4.69) is 74.7 Å². The lowest BCUT2D eigenvalue weighted by molar-refractivity contribution is 0.0761. The molecule has 0 saturated carbocycles. The molecule has 0 bridgehead atoms. The van der Waals surface area contributed by atoms with Crippen LogP contribution in [0.4, 0.5) is 5.69 Å². The first-order valence-electron chi connectivity index (χ1n) is 10.8. The van der Waals surface area contributed by atoms with E-state index in [0.29, 0.717) is 17.9 Å². The third kappa shape index (κ3) is 3.63. The van der Waals surface area contributed by atoms with Crippen LogP contribution in [0.5, 0.6) is 0 Å². The lowest BCUT2D eigenvalue weighted by Crippen LogP contribution is -2.33. The van der Waals surface area contributed by atoms with Gasteiger partial charge in [-0.1, -0.05) is 53.1 Å². The summed E-state index contributed by atoms with van der Waals surface area (Å²) < 4.78 is 1.11. The highest BCUT2D eigenvalue weighted by atomic mass is 79.9. The van der Waals surface area contributed by atoms with Gasteiger partial charge in [0.05, 0.1) is 6.04 Å². The Balaban J connectivity index is 1.45. The average Bonchev–Trinajstić information content (AvgIpc) is 3.09. The van der Waals surface area contributed by atoms with Gasteiger partial charge in [-0.2, -0.15) is 0 Å². The zero-order chi connectivity index (χ0) is 19.8. The molecule has 0 aromatic heterocycles. The van der Waals surface area contributed by atoms with Crippen LogP contribution in [0.15, 0.2) is 59.1 Å². The zero-order valence-electron chi connectivity index (χ0n) is 16.6. The molecule has 1 aliphatic carbocycles. The predicted octanol–water partition coefficient (Wildman–Crippen LogP) is 6.29. The molecule has 0 radical (unpaired) electrons. The van der Waals surface area contributed by atoms with E-state index in [0.717, 1.165) is 48.1 Å². The Morgan fingerprint density at radius 3 is 2.52 bits per heavy atom. The summed E-state index contributed by atoms with van der Waals surface area (Å²) >= 11 is 3.54. The summed E-state index contributed by atoms with van der Waals surface area (Å²) in [6, 6.07) is 15.2. The van der Waals surface area contributed by atoms with Gasteiger partial charge in [0, 0.05) is 34.7 Å². The minimum Gasteiger partial charge on any atom is -0.378 e. The van der Waals surface area contributed by atoms with Crippen molar-refractivity contribution in [2.45, 2.75) is 44.1 Å². The monoisotopic (exact) mass is 450 g/mol. The molecular formula is C25H27BrN2O. The molecule has 1 amide bonds. The smallest absolute Gasteiger partial charge is 0.253 e. The van der Waals surface area contributed by atoms with E-state index < -0.39 is 0 Å². The maximum absolute atomic E-state index is 13.1. The number of nitrogens with zero attached hydrogens (tertiary/aromatic N) is 1. The SMILES string of the molecule is O=C(c1ccc2c(c1)C1C=CCC1C(c1ccc(Br)cc1)N2)N1CCCCCC1. The minimum atomic E-state index is 0.197. The van der Waals surface area contributed by atoms with Crippen molar-refractivity contribution in [2.75, 3.05) is 18.4 Å². The van der Waals surface area contributed by atoms with Gasteiger partial charge in [-0.3, -0.25) is 4.79 Å². The first kappa shape index (κ1) is 18.9. The van der Waals surface area contributed by atoms with Crippen molar-refractivity contribution in [1.82, 2.24) is 4.90 Å². The van der Waals surface area contributed by atoms with E-state index in [-0.39, 0.29) is 5.91 Å². The van der Waals surface area contributed by atoms with Crippen LogP contribution in [-0.4, -0.2) is 23.9 Å². The van der Waals surface area contributed by atoms with Crippen molar-refractivity contribution < 1.29 is 4.79 Å². The van der Waals surface area contributed by atoms with Crippen LogP contribution in [0, 0.1) is 5.92 Å². The maximum atomic E-state index is 13.1. The molecule has 3 unspecified atom stereocenters. The summed E-state index contributed by atoms with van der Waals surface area (Å²) in [7, 11) is 0. The molecule has 5 rings (SSSR count). The number of anilines is 1. The zero-order valence-corrected chi connectivity index (χ0v) is 18.2.